The predicted molar refractivity (Wildman–Crippen MR) is 78.2 cm³/mol. The van der Waals surface area contributed by atoms with E-state index in [0.717, 1.165) is 25.0 Å². The van der Waals surface area contributed by atoms with E-state index < -0.39 is 23.2 Å². The second-order valence-corrected chi connectivity index (χ2v) is 6.22. The summed E-state index contributed by atoms with van der Waals surface area (Å²) in [4.78, 5) is 12.6. The number of alkyl halides is 3. The molecule has 130 valence electrons. The van der Waals surface area contributed by atoms with E-state index >= 15 is 0 Å². The zero-order valence-electron chi connectivity index (χ0n) is 12.8. The molecule has 7 heteroatoms. The maximum Gasteiger partial charge on any atom is 0.416 e. The van der Waals surface area contributed by atoms with Gasteiger partial charge in [0.25, 0.3) is 5.91 Å². The quantitative estimate of drug-likeness (QED) is 0.841. The molecule has 24 heavy (non-hydrogen) atoms. The van der Waals surface area contributed by atoms with Crippen molar-refractivity contribution in [3.05, 3.63) is 47.5 Å². The maximum atomic E-state index is 13.4. The Labute approximate surface area is 136 Å². The van der Waals surface area contributed by atoms with Crippen LogP contribution in [0.5, 0.6) is 0 Å². The molecule has 1 aromatic rings. The number of amides is 1. The van der Waals surface area contributed by atoms with Gasteiger partial charge in [-0.1, -0.05) is 0 Å². The Morgan fingerprint density at radius 2 is 2.04 bits per heavy atom. The summed E-state index contributed by atoms with van der Waals surface area (Å²) in [6.45, 7) is -0.179. The van der Waals surface area contributed by atoms with Crippen molar-refractivity contribution in [2.45, 2.75) is 44.0 Å². The molecule has 0 bridgehead atoms. The van der Waals surface area contributed by atoms with Crippen LogP contribution in [0, 0.1) is 11.7 Å². The first-order valence-electron chi connectivity index (χ1n) is 7.79. The van der Waals surface area contributed by atoms with Crippen LogP contribution in [0.25, 0.3) is 0 Å². The number of benzene rings is 1. The van der Waals surface area contributed by atoms with Crippen LogP contribution >= 0.6 is 0 Å². The number of halogens is 4. The van der Waals surface area contributed by atoms with Crippen LogP contribution in [0.2, 0.25) is 0 Å². The zero-order valence-corrected chi connectivity index (χ0v) is 12.8. The number of carbonyl (C=O) groups is 1. The van der Waals surface area contributed by atoms with Crippen molar-refractivity contribution < 1.29 is 27.1 Å². The lowest BCUT2D eigenvalue weighted by Crippen LogP contribution is -2.50. The van der Waals surface area contributed by atoms with Gasteiger partial charge in [-0.25, -0.2) is 4.39 Å². The highest BCUT2D eigenvalue weighted by Gasteiger charge is 2.52. The lowest BCUT2D eigenvalue weighted by atomic mass is 9.89. The molecular formula is C17H17F4NO2. The normalized spacial score (nSPS) is 23.7. The van der Waals surface area contributed by atoms with Crippen LogP contribution in [0.3, 0.4) is 0 Å². The van der Waals surface area contributed by atoms with Gasteiger partial charge < -0.3 is 10.1 Å². The van der Waals surface area contributed by atoms with Crippen molar-refractivity contribution in [1.29, 1.82) is 0 Å². The summed E-state index contributed by atoms with van der Waals surface area (Å²) in [6.07, 6.45) is 1.73. The predicted octanol–water partition coefficient (Wildman–Crippen LogP) is 3.93. The summed E-state index contributed by atoms with van der Waals surface area (Å²) < 4.78 is 57.2. The van der Waals surface area contributed by atoms with E-state index in [4.69, 9.17) is 4.74 Å². The van der Waals surface area contributed by atoms with E-state index in [0.29, 0.717) is 18.9 Å². The summed E-state index contributed by atoms with van der Waals surface area (Å²) in [5.74, 6) is -1.21. The smallest absolute Gasteiger partial charge is 0.416 e. The van der Waals surface area contributed by atoms with Crippen LogP contribution < -0.4 is 5.32 Å². The number of hydrogen-bond acceptors (Lipinski definition) is 2. The second-order valence-electron chi connectivity index (χ2n) is 6.22. The van der Waals surface area contributed by atoms with Crippen LogP contribution in [0.1, 0.15) is 36.8 Å². The molecule has 1 atom stereocenters. The highest BCUT2D eigenvalue weighted by Crippen LogP contribution is 2.46. The summed E-state index contributed by atoms with van der Waals surface area (Å²) in [6, 6.07) is 2.27. The minimum atomic E-state index is -4.63. The molecule has 1 amide bonds. The van der Waals surface area contributed by atoms with E-state index in [9.17, 15) is 22.4 Å². The molecule has 3 rings (SSSR count). The third kappa shape index (κ3) is 3.39. The molecule has 1 aliphatic heterocycles. The van der Waals surface area contributed by atoms with Gasteiger partial charge in [-0.2, -0.15) is 13.2 Å². The fourth-order valence-corrected chi connectivity index (χ4v) is 3.04. The second kappa shape index (κ2) is 6.11. The molecular weight excluding hydrogens is 326 g/mol. The Kier molecular flexibility index (Phi) is 4.27. The first-order chi connectivity index (χ1) is 11.3. The number of rotatable bonds is 4. The molecule has 2 aliphatic rings. The van der Waals surface area contributed by atoms with Gasteiger partial charge in [0.1, 0.15) is 5.82 Å². The molecule has 1 heterocycles. The summed E-state index contributed by atoms with van der Waals surface area (Å²) in [7, 11) is 0. The van der Waals surface area contributed by atoms with E-state index in [1.54, 1.807) is 0 Å². The number of hydrogen-bond donors (Lipinski definition) is 1. The molecule has 0 aromatic heterocycles. The van der Waals surface area contributed by atoms with Crippen molar-refractivity contribution in [1.82, 2.24) is 5.32 Å². The minimum absolute atomic E-state index is 0.0629. The van der Waals surface area contributed by atoms with E-state index in [2.05, 4.69) is 5.32 Å². The average molecular weight is 343 g/mol. The fourth-order valence-electron chi connectivity index (χ4n) is 3.04. The highest BCUT2D eigenvalue weighted by molar-refractivity contribution is 5.86. The van der Waals surface area contributed by atoms with Crippen LogP contribution in [0.4, 0.5) is 17.6 Å². The molecule has 1 fully saturated rings. The standard InChI is InChI=1S/C17H17F4NO2/c18-14-8-11(7-13(9-14)17(19,20)21)10-22-15(23)16(12-3-4-12)5-1-2-6-24-16/h2,6-9,12H,1,3-5,10H2,(H,22,23)/t16-/m0/s1. The number of allylic oxidation sites excluding steroid dienone is 1. The Hall–Kier alpha value is -2.05. The Morgan fingerprint density at radius 3 is 2.62 bits per heavy atom. The lowest BCUT2D eigenvalue weighted by Gasteiger charge is -2.34. The van der Waals surface area contributed by atoms with E-state index in [-0.39, 0.29) is 23.9 Å². The largest absolute Gasteiger partial charge is 0.485 e. The monoisotopic (exact) mass is 343 g/mol. The molecule has 1 aliphatic carbocycles. The maximum absolute atomic E-state index is 13.4. The van der Waals surface area contributed by atoms with Crippen LogP contribution in [-0.4, -0.2) is 11.5 Å². The summed E-state index contributed by atoms with van der Waals surface area (Å²) in [5.41, 5.74) is -1.96. The number of carbonyl (C=O) groups excluding carboxylic acids is 1. The Bertz CT molecular complexity index is 667. The third-order valence-corrected chi connectivity index (χ3v) is 4.42. The SMILES string of the molecule is O=C(NCc1cc(F)cc(C(F)(F)F)c1)[C@@]1(C2CC2)CCC=CO1. The average Bonchev–Trinajstić information content (AvgIpc) is 3.37. The number of ether oxygens (including phenoxy) is 1. The fraction of sp³-hybridized carbons (Fsp3) is 0.471. The van der Waals surface area contributed by atoms with Crippen molar-refractivity contribution >= 4 is 5.91 Å². The van der Waals surface area contributed by atoms with Gasteiger partial charge in [-0.15, -0.1) is 0 Å². The molecule has 1 saturated carbocycles. The van der Waals surface area contributed by atoms with Gasteiger partial charge in [0.05, 0.1) is 11.8 Å². The van der Waals surface area contributed by atoms with Gasteiger partial charge in [-0.3, -0.25) is 4.79 Å². The van der Waals surface area contributed by atoms with Crippen LogP contribution in [0.15, 0.2) is 30.5 Å². The van der Waals surface area contributed by atoms with Gasteiger partial charge in [0, 0.05) is 18.9 Å². The van der Waals surface area contributed by atoms with Crippen LogP contribution in [-0.2, 0) is 22.3 Å². The van der Waals surface area contributed by atoms with Crippen molar-refractivity contribution in [3.8, 4) is 0 Å². The first-order valence-corrected chi connectivity index (χ1v) is 7.79. The molecule has 3 nitrogen and oxygen atoms in total. The molecule has 0 unspecified atom stereocenters. The third-order valence-electron chi connectivity index (χ3n) is 4.42. The first kappa shape index (κ1) is 16.8. The minimum Gasteiger partial charge on any atom is -0.485 e. The van der Waals surface area contributed by atoms with Crippen molar-refractivity contribution in [2.75, 3.05) is 0 Å². The number of nitrogens with one attached hydrogen (secondary N) is 1. The summed E-state index contributed by atoms with van der Waals surface area (Å²) in [5, 5.41) is 2.60. The van der Waals surface area contributed by atoms with Gasteiger partial charge in [-0.05, 0) is 49.1 Å². The molecule has 0 radical (unpaired) electrons. The van der Waals surface area contributed by atoms with Gasteiger partial charge in [0.2, 0.25) is 0 Å². The van der Waals surface area contributed by atoms with Crippen molar-refractivity contribution in [3.63, 3.8) is 0 Å². The highest BCUT2D eigenvalue weighted by atomic mass is 19.4. The van der Waals surface area contributed by atoms with E-state index in [1.165, 1.54) is 6.26 Å². The zero-order chi connectivity index (χ0) is 17.4. The Morgan fingerprint density at radius 1 is 1.29 bits per heavy atom. The summed E-state index contributed by atoms with van der Waals surface area (Å²) >= 11 is 0. The van der Waals surface area contributed by atoms with Gasteiger partial charge in [0.15, 0.2) is 5.60 Å². The topological polar surface area (TPSA) is 38.3 Å². The van der Waals surface area contributed by atoms with Gasteiger partial charge >= 0.3 is 6.18 Å². The van der Waals surface area contributed by atoms with Crippen molar-refractivity contribution in [2.24, 2.45) is 5.92 Å². The molecule has 0 saturated heterocycles. The van der Waals surface area contributed by atoms with E-state index in [1.807, 2.05) is 6.08 Å². The molecule has 0 spiro atoms. The Balaban J connectivity index is 1.72. The molecule has 1 N–H and O–H groups in total. The molecule has 1 aromatic carbocycles. The lowest BCUT2D eigenvalue weighted by molar-refractivity contribution is -0.145.